The van der Waals surface area contributed by atoms with Crippen molar-refractivity contribution in [2.75, 3.05) is 18.0 Å². The van der Waals surface area contributed by atoms with Crippen LogP contribution in [0.15, 0.2) is 24.5 Å². The van der Waals surface area contributed by atoms with Crippen molar-refractivity contribution in [2.45, 2.75) is 31.9 Å². The van der Waals surface area contributed by atoms with E-state index in [4.69, 9.17) is 5.26 Å². The second-order valence-electron chi connectivity index (χ2n) is 5.89. The van der Waals surface area contributed by atoms with Gasteiger partial charge in [-0.25, -0.2) is 9.67 Å². The first-order valence-electron chi connectivity index (χ1n) is 7.27. The predicted molar refractivity (Wildman–Crippen MR) is 80.1 cm³/mol. The summed E-state index contributed by atoms with van der Waals surface area (Å²) in [6, 6.07) is 5.74. The van der Waals surface area contributed by atoms with Gasteiger partial charge in [-0.15, -0.1) is 5.10 Å². The minimum Gasteiger partial charge on any atom is -0.381 e. The van der Waals surface area contributed by atoms with Crippen LogP contribution in [0.2, 0.25) is 0 Å². The van der Waals surface area contributed by atoms with Gasteiger partial charge in [-0.2, -0.15) is 5.26 Å². The van der Waals surface area contributed by atoms with E-state index in [9.17, 15) is 5.11 Å². The van der Waals surface area contributed by atoms with Crippen LogP contribution in [0, 0.1) is 11.3 Å². The first-order valence-corrected chi connectivity index (χ1v) is 7.27. The lowest BCUT2D eigenvalue weighted by Gasteiger charge is -2.22. The van der Waals surface area contributed by atoms with Crippen LogP contribution in [0.5, 0.6) is 0 Å². The van der Waals surface area contributed by atoms with Crippen molar-refractivity contribution in [3.05, 3.63) is 35.9 Å². The summed E-state index contributed by atoms with van der Waals surface area (Å²) < 4.78 is 1.75. The first-order chi connectivity index (χ1) is 10.5. The summed E-state index contributed by atoms with van der Waals surface area (Å²) in [5.74, 6) is 0. The van der Waals surface area contributed by atoms with E-state index < -0.39 is 5.60 Å². The monoisotopic (exact) mass is 298 g/mol. The normalized spacial score (nSPS) is 21.3. The SMILES string of the molecule is CC(C)n1cc([C@]2(O)CCN(c3ccc(C#N)nc3)C2)nn1. The van der Waals surface area contributed by atoms with Crippen LogP contribution in [-0.2, 0) is 5.60 Å². The van der Waals surface area contributed by atoms with E-state index in [1.807, 2.05) is 37.1 Å². The van der Waals surface area contributed by atoms with Gasteiger partial charge in [-0.3, -0.25) is 0 Å². The number of anilines is 1. The molecule has 7 nitrogen and oxygen atoms in total. The third kappa shape index (κ3) is 2.53. The van der Waals surface area contributed by atoms with Gasteiger partial charge in [-0.1, -0.05) is 5.21 Å². The Hall–Kier alpha value is -2.46. The third-order valence-corrected chi connectivity index (χ3v) is 3.99. The van der Waals surface area contributed by atoms with Gasteiger partial charge in [0.2, 0.25) is 0 Å². The Morgan fingerprint density at radius 2 is 2.23 bits per heavy atom. The summed E-state index contributed by atoms with van der Waals surface area (Å²) >= 11 is 0. The summed E-state index contributed by atoms with van der Waals surface area (Å²) in [5.41, 5.74) is 0.885. The average molecular weight is 298 g/mol. The molecular formula is C15H18N6O. The fourth-order valence-corrected chi connectivity index (χ4v) is 2.60. The number of hydrogen-bond acceptors (Lipinski definition) is 6. The molecule has 1 aliphatic rings. The molecule has 3 heterocycles. The van der Waals surface area contributed by atoms with Gasteiger partial charge < -0.3 is 10.0 Å². The number of aliphatic hydroxyl groups is 1. The van der Waals surface area contributed by atoms with Crippen LogP contribution in [0.3, 0.4) is 0 Å². The minimum absolute atomic E-state index is 0.213. The van der Waals surface area contributed by atoms with Crippen LogP contribution in [0.25, 0.3) is 0 Å². The van der Waals surface area contributed by atoms with Crippen molar-refractivity contribution >= 4 is 5.69 Å². The fourth-order valence-electron chi connectivity index (χ4n) is 2.60. The predicted octanol–water partition coefficient (Wildman–Crippen LogP) is 1.22. The Morgan fingerprint density at radius 1 is 1.41 bits per heavy atom. The van der Waals surface area contributed by atoms with Crippen molar-refractivity contribution in [2.24, 2.45) is 0 Å². The van der Waals surface area contributed by atoms with Crippen molar-refractivity contribution in [3.8, 4) is 6.07 Å². The van der Waals surface area contributed by atoms with Gasteiger partial charge in [0.15, 0.2) is 0 Å². The Balaban J connectivity index is 1.78. The maximum atomic E-state index is 10.9. The van der Waals surface area contributed by atoms with E-state index in [0.717, 1.165) is 5.69 Å². The Morgan fingerprint density at radius 3 is 2.82 bits per heavy atom. The smallest absolute Gasteiger partial charge is 0.140 e. The molecule has 0 saturated carbocycles. The third-order valence-electron chi connectivity index (χ3n) is 3.99. The molecule has 1 fully saturated rings. The Bertz CT molecular complexity index is 702. The van der Waals surface area contributed by atoms with Crippen LogP contribution >= 0.6 is 0 Å². The lowest BCUT2D eigenvalue weighted by atomic mass is 10.00. The molecule has 0 aromatic carbocycles. The molecule has 1 atom stereocenters. The van der Waals surface area contributed by atoms with E-state index in [1.165, 1.54) is 0 Å². The highest BCUT2D eigenvalue weighted by Gasteiger charge is 2.40. The van der Waals surface area contributed by atoms with Gasteiger partial charge in [0, 0.05) is 19.0 Å². The molecule has 0 radical (unpaired) electrons. The number of hydrogen-bond donors (Lipinski definition) is 1. The summed E-state index contributed by atoms with van der Waals surface area (Å²) in [6.07, 6.45) is 4.06. The molecule has 1 N–H and O–H groups in total. The van der Waals surface area contributed by atoms with Gasteiger partial charge >= 0.3 is 0 Å². The summed E-state index contributed by atoms with van der Waals surface area (Å²) in [4.78, 5) is 6.12. The molecule has 0 bridgehead atoms. The molecule has 2 aromatic rings. The number of aromatic nitrogens is 4. The summed E-state index contributed by atoms with van der Waals surface area (Å²) in [5, 5.41) is 27.8. The van der Waals surface area contributed by atoms with Crippen LogP contribution in [0.4, 0.5) is 5.69 Å². The molecule has 0 amide bonds. The lowest BCUT2D eigenvalue weighted by Crippen LogP contribution is -2.31. The highest BCUT2D eigenvalue weighted by molar-refractivity contribution is 5.48. The zero-order chi connectivity index (χ0) is 15.7. The van der Waals surface area contributed by atoms with E-state index in [2.05, 4.69) is 15.3 Å². The van der Waals surface area contributed by atoms with Gasteiger partial charge in [-0.05, 0) is 26.0 Å². The largest absolute Gasteiger partial charge is 0.381 e. The number of rotatable bonds is 3. The Kier molecular flexibility index (Phi) is 3.54. The highest BCUT2D eigenvalue weighted by atomic mass is 16.3. The van der Waals surface area contributed by atoms with E-state index >= 15 is 0 Å². The van der Waals surface area contributed by atoms with Gasteiger partial charge in [0.05, 0.1) is 24.6 Å². The number of pyridine rings is 1. The lowest BCUT2D eigenvalue weighted by molar-refractivity contribution is 0.0559. The van der Waals surface area contributed by atoms with E-state index in [1.54, 1.807) is 16.9 Å². The number of β-amino-alcohol motifs (C(OH)–C–C–N with tert-alkyl or cyclic N) is 1. The zero-order valence-corrected chi connectivity index (χ0v) is 12.6. The minimum atomic E-state index is -0.999. The van der Waals surface area contributed by atoms with E-state index in [-0.39, 0.29) is 6.04 Å². The fraction of sp³-hybridized carbons (Fsp3) is 0.467. The van der Waals surface area contributed by atoms with E-state index in [0.29, 0.717) is 30.9 Å². The van der Waals surface area contributed by atoms with Crippen molar-refractivity contribution in [3.63, 3.8) is 0 Å². The second kappa shape index (κ2) is 5.39. The topological polar surface area (TPSA) is 90.9 Å². The average Bonchev–Trinajstić information content (AvgIpc) is 3.15. The second-order valence-corrected chi connectivity index (χ2v) is 5.89. The molecule has 0 unspecified atom stereocenters. The molecule has 7 heteroatoms. The molecule has 3 rings (SSSR count). The summed E-state index contributed by atoms with van der Waals surface area (Å²) in [6.45, 7) is 5.19. The van der Waals surface area contributed by atoms with Gasteiger partial charge in [0.1, 0.15) is 23.1 Å². The quantitative estimate of drug-likeness (QED) is 0.916. The number of nitrogens with zero attached hydrogens (tertiary/aromatic N) is 6. The molecule has 1 saturated heterocycles. The Labute approximate surface area is 128 Å². The van der Waals surface area contributed by atoms with Crippen LogP contribution < -0.4 is 4.90 Å². The summed E-state index contributed by atoms with van der Waals surface area (Å²) in [7, 11) is 0. The van der Waals surface area contributed by atoms with Gasteiger partial charge in [0.25, 0.3) is 0 Å². The molecule has 1 aliphatic heterocycles. The zero-order valence-electron chi connectivity index (χ0n) is 12.6. The van der Waals surface area contributed by atoms with Crippen LogP contribution in [-0.4, -0.2) is 38.2 Å². The van der Waals surface area contributed by atoms with Crippen molar-refractivity contribution in [1.82, 2.24) is 20.0 Å². The molecular weight excluding hydrogens is 280 g/mol. The maximum Gasteiger partial charge on any atom is 0.140 e. The van der Waals surface area contributed by atoms with Crippen LogP contribution in [0.1, 0.15) is 37.7 Å². The number of nitriles is 1. The first kappa shape index (κ1) is 14.5. The molecule has 114 valence electrons. The highest BCUT2D eigenvalue weighted by Crippen LogP contribution is 2.33. The molecule has 0 aliphatic carbocycles. The van der Waals surface area contributed by atoms with Crippen molar-refractivity contribution in [1.29, 1.82) is 5.26 Å². The standard InChI is InChI=1S/C15H18N6O/c1-11(2)21-9-14(18-19-21)15(22)5-6-20(10-15)13-4-3-12(7-16)17-8-13/h3-4,8-9,11,22H,5-6,10H2,1-2H3/t15-/m0/s1. The maximum absolute atomic E-state index is 10.9. The van der Waals surface area contributed by atoms with Crippen molar-refractivity contribution < 1.29 is 5.11 Å². The molecule has 2 aromatic heterocycles. The molecule has 22 heavy (non-hydrogen) atoms. The molecule has 0 spiro atoms.